The van der Waals surface area contributed by atoms with Gasteiger partial charge in [-0.2, -0.15) is 5.26 Å². The molecule has 6 nitrogen and oxygen atoms in total. The molecule has 1 heterocycles. The zero-order valence-electron chi connectivity index (χ0n) is 17.6. The number of hydrogen-bond donors (Lipinski definition) is 1. The number of para-hydroxylation sites is 1. The number of nitrogens with one attached hydrogen (secondary N) is 1. The molecule has 1 N–H and O–H groups in total. The highest BCUT2D eigenvalue weighted by molar-refractivity contribution is 6.13. The van der Waals surface area contributed by atoms with Crippen LogP contribution in [0.3, 0.4) is 0 Å². The third kappa shape index (κ3) is 4.79. The largest absolute Gasteiger partial charge is 0.483 e. The number of carbonyl (C=O) groups is 2. The Labute approximate surface area is 186 Å². The molecule has 1 fully saturated rings. The lowest BCUT2D eigenvalue weighted by Crippen LogP contribution is -2.32. The van der Waals surface area contributed by atoms with Gasteiger partial charge in [-0.1, -0.05) is 54.6 Å². The molecule has 160 valence electrons. The van der Waals surface area contributed by atoms with Gasteiger partial charge in [-0.3, -0.25) is 9.59 Å². The molecular formula is C26H23N3O3. The lowest BCUT2D eigenvalue weighted by molar-refractivity contribution is -0.132. The van der Waals surface area contributed by atoms with Gasteiger partial charge in [0.2, 0.25) is 0 Å². The minimum absolute atomic E-state index is 0.0557. The number of nitrogens with zero attached hydrogens (tertiary/aromatic N) is 2. The summed E-state index contributed by atoms with van der Waals surface area (Å²) in [6.07, 6.45) is 3.51. The second kappa shape index (κ2) is 9.80. The average molecular weight is 425 g/mol. The number of fused-ring (bicyclic) bond motifs is 1. The van der Waals surface area contributed by atoms with E-state index >= 15 is 0 Å². The molecule has 0 bridgehead atoms. The summed E-state index contributed by atoms with van der Waals surface area (Å²) in [7, 11) is 0. The predicted molar refractivity (Wildman–Crippen MR) is 124 cm³/mol. The smallest absolute Gasteiger partial charge is 0.266 e. The van der Waals surface area contributed by atoms with Gasteiger partial charge < -0.3 is 15.0 Å². The van der Waals surface area contributed by atoms with E-state index in [1.807, 2.05) is 42.5 Å². The molecule has 0 spiro atoms. The Balaban J connectivity index is 1.52. The summed E-state index contributed by atoms with van der Waals surface area (Å²) in [4.78, 5) is 26.9. The first-order valence-electron chi connectivity index (χ1n) is 10.6. The fraction of sp³-hybridized carbons (Fsp3) is 0.192. The number of likely N-dealkylation sites (tertiary alicyclic amines) is 1. The van der Waals surface area contributed by atoms with Gasteiger partial charge in [0.1, 0.15) is 17.4 Å². The van der Waals surface area contributed by atoms with Gasteiger partial charge in [0, 0.05) is 29.7 Å². The second-order valence-corrected chi connectivity index (χ2v) is 7.57. The molecule has 3 aromatic carbocycles. The standard InChI is InChI=1S/C26H23N3O3/c27-17-21(26(31)28-23-12-7-10-19-8-1-3-11-22(19)23)16-20-9-2-4-13-24(20)32-18-25(30)29-14-5-6-15-29/h1-4,7-13,16H,5-6,14-15,18H2,(H,28,31)/b21-16+. The Kier molecular flexibility index (Phi) is 6.47. The Hall–Kier alpha value is -4.11. The van der Waals surface area contributed by atoms with Gasteiger partial charge in [0.05, 0.1) is 0 Å². The number of anilines is 1. The van der Waals surface area contributed by atoms with Gasteiger partial charge in [-0.15, -0.1) is 0 Å². The number of nitriles is 1. The van der Waals surface area contributed by atoms with Crippen molar-refractivity contribution in [3.63, 3.8) is 0 Å². The maximum atomic E-state index is 12.8. The lowest BCUT2D eigenvalue weighted by atomic mass is 10.1. The molecule has 1 saturated heterocycles. The summed E-state index contributed by atoms with van der Waals surface area (Å²) < 4.78 is 5.74. The van der Waals surface area contributed by atoms with E-state index in [1.165, 1.54) is 6.08 Å². The number of carbonyl (C=O) groups excluding carboxylic acids is 2. The van der Waals surface area contributed by atoms with Crippen LogP contribution in [-0.2, 0) is 9.59 Å². The monoisotopic (exact) mass is 425 g/mol. The Morgan fingerprint density at radius 2 is 1.72 bits per heavy atom. The average Bonchev–Trinajstić information content (AvgIpc) is 3.37. The van der Waals surface area contributed by atoms with E-state index in [4.69, 9.17) is 4.74 Å². The molecule has 0 aromatic heterocycles. The molecule has 2 amide bonds. The Morgan fingerprint density at radius 3 is 2.53 bits per heavy atom. The summed E-state index contributed by atoms with van der Waals surface area (Å²) in [5.74, 6) is -0.118. The van der Waals surface area contributed by atoms with E-state index in [9.17, 15) is 14.9 Å². The van der Waals surface area contributed by atoms with Crippen LogP contribution >= 0.6 is 0 Å². The van der Waals surface area contributed by atoms with Gasteiger partial charge in [-0.05, 0) is 36.4 Å². The molecule has 0 atom stereocenters. The van der Waals surface area contributed by atoms with Crippen LogP contribution in [0, 0.1) is 11.3 Å². The third-order valence-corrected chi connectivity index (χ3v) is 5.43. The van der Waals surface area contributed by atoms with E-state index in [0.717, 1.165) is 36.7 Å². The molecule has 6 heteroatoms. The highest BCUT2D eigenvalue weighted by atomic mass is 16.5. The minimum Gasteiger partial charge on any atom is -0.483 e. The first-order chi connectivity index (χ1) is 15.7. The van der Waals surface area contributed by atoms with Crippen molar-refractivity contribution in [3.8, 4) is 11.8 Å². The van der Waals surface area contributed by atoms with Crippen LogP contribution in [0.4, 0.5) is 5.69 Å². The first-order valence-corrected chi connectivity index (χ1v) is 10.6. The van der Waals surface area contributed by atoms with Gasteiger partial charge in [-0.25, -0.2) is 0 Å². The van der Waals surface area contributed by atoms with E-state index in [0.29, 0.717) is 17.0 Å². The molecule has 1 aliphatic rings. The first kappa shape index (κ1) is 21.1. The van der Waals surface area contributed by atoms with Crippen LogP contribution in [0.5, 0.6) is 5.75 Å². The van der Waals surface area contributed by atoms with Gasteiger partial charge in [0.25, 0.3) is 11.8 Å². The van der Waals surface area contributed by atoms with Crippen LogP contribution in [-0.4, -0.2) is 36.4 Å². The summed E-state index contributed by atoms with van der Waals surface area (Å²) in [6.45, 7) is 1.45. The maximum Gasteiger partial charge on any atom is 0.266 e. The van der Waals surface area contributed by atoms with Gasteiger partial charge in [0.15, 0.2) is 6.61 Å². The second-order valence-electron chi connectivity index (χ2n) is 7.57. The van der Waals surface area contributed by atoms with E-state index < -0.39 is 5.91 Å². The van der Waals surface area contributed by atoms with Crippen molar-refractivity contribution < 1.29 is 14.3 Å². The highest BCUT2D eigenvalue weighted by Gasteiger charge is 2.19. The number of rotatable bonds is 6. The van der Waals surface area contributed by atoms with Crippen LogP contribution < -0.4 is 10.1 Å². The van der Waals surface area contributed by atoms with E-state index in [1.54, 1.807) is 35.2 Å². The topological polar surface area (TPSA) is 82.4 Å². The quantitative estimate of drug-likeness (QED) is 0.469. The molecule has 4 rings (SSSR count). The fourth-order valence-corrected chi connectivity index (χ4v) is 3.76. The molecule has 0 radical (unpaired) electrons. The Bertz CT molecular complexity index is 1210. The van der Waals surface area contributed by atoms with Crippen LogP contribution in [0.15, 0.2) is 72.3 Å². The van der Waals surface area contributed by atoms with Crippen molar-refractivity contribution in [1.29, 1.82) is 5.26 Å². The fourth-order valence-electron chi connectivity index (χ4n) is 3.76. The number of amides is 2. The van der Waals surface area contributed by atoms with Crippen molar-refractivity contribution in [1.82, 2.24) is 4.90 Å². The zero-order valence-corrected chi connectivity index (χ0v) is 17.6. The molecule has 0 aliphatic carbocycles. The van der Waals surface area contributed by atoms with Crippen molar-refractivity contribution in [2.24, 2.45) is 0 Å². The summed E-state index contributed by atoms with van der Waals surface area (Å²) >= 11 is 0. The van der Waals surface area contributed by atoms with Crippen molar-refractivity contribution in [3.05, 3.63) is 77.9 Å². The molecule has 1 aliphatic heterocycles. The third-order valence-electron chi connectivity index (χ3n) is 5.43. The van der Waals surface area contributed by atoms with Crippen LogP contribution in [0.25, 0.3) is 16.8 Å². The molecule has 0 unspecified atom stereocenters. The number of benzene rings is 3. The maximum absolute atomic E-state index is 12.8. The molecule has 3 aromatic rings. The van der Waals surface area contributed by atoms with Crippen molar-refractivity contribution in [2.75, 3.05) is 25.0 Å². The number of ether oxygens (including phenoxy) is 1. The van der Waals surface area contributed by atoms with Crippen molar-refractivity contribution in [2.45, 2.75) is 12.8 Å². The minimum atomic E-state index is -0.508. The summed E-state index contributed by atoms with van der Waals surface area (Å²) in [5, 5.41) is 14.3. The van der Waals surface area contributed by atoms with Gasteiger partial charge >= 0.3 is 0 Å². The Morgan fingerprint density at radius 1 is 1.00 bits per heavy atom. The van der Waals surface area contributed by atoms with Crippen LogP contribution in [0.1, 0.15) is 18.4 Å². The molecule has 32 heavy (non-hydrogen) atoms. The lowest BCUT2D eigenvalue weighted by Gasteiger charge is -2.16. The SMILES string of the molecule is N#C/C(=C\c1ccccc1OCC(=O)N1CCCC1)C(=O)Nc1cccc2ccccc12. The van der Waals surface area contributed by atoms with Crippen LogP contribution in [0.2, 0.25) is 0 Å². The van der Waals surface area contributed by atoms with Crippen molar-refractivity contribution >= 4 is 34.4 Å². The molecule has 0 saturated carbocycles. The zero-order chi connectivity index (χ0) is 22.3. The predicted octanol–water partition coefficient (Wildman–Crippen LogP) is 4.39. The normalized spacial score (nSPS) is 13.6. The number of hydrogen-bond acceptors (Lipinski definition) is 4. The highest BCUT2D eigenvalue weighted by Crippen LogP contribution is 2.25. The van der Waals surface area contributed by atoms with E-state index in [2.05, 4.69) is 5.32 Å². The summed E-state index contributed by atoms with van der Waals surface area (Å²) in [5.41, 5.74) is 1.14. The summed E-state index contributed by atoms with van der Waals surface area (Å²) in [6, 6.07) is 22.3. The van der Waals surface area contributed by atoms with E-state index in [-0.39, 0.29) is 18.1 Å². The molecular weight excluding hydrogens is 402 g/mol.